The van der Waals surface area contributed by atoms with Crippen molar-refractivity contribution in [3.8, 4) is 0 Å². The minimum atomic E-state index is 0.193. The molecular formula is C17H26N4O2. The molecule has 1 unspecified atom stereocenters. The fourth-order valence-electron chi connectivity index (χ4n) is 3.87. The summed E-state index contributed by atoms with van der Waals surface area (Å²) in [5, 5.41) is 0. The third-order valence-corrected chi connectivity index (χ3v) is 5.02. The maximum Gasteiger partial charge on any atom is 0.225 e. The molecule has 6 nitrogen and oxygen atoms in total. The van der Waals surface area contributed by atoms with E-state index in [0.29, 0.717) is 18.9 Å². The van der Waals surface area contributed by atoms with E-state index in [2.05, 4.69) is 14.9 Å². The first-order valence-corrected chi connectivity index (χ1v) is 8.51. The van der Waals surface area contributed by atoms with Crippen LogP contribution in [0.1, 0.15) is 32.1 Å². The fraction of sp³-hybridized carbons (Fsp3) is 0.706. The van der Waals surface area contributed by atoms with Crippen LogP contribution in [-0.2, 0) is 9.53 Å². The number of hydrogen-bond acceptors (Lipinski definition) is 5. The highest BCUT2D eigenvalue weighted by Crippen LogP contribution is 2.39. The maximum atomic E-state index is 12.2. The molecule has 1 atom stereocenters. The standard InChI is InChI=1S/C17H26N4O2/c1-23-12-4-11-20-13-17(7-5-15(20)22)6-2-10-21(14-17)16-18-8-3-9-19-16/h3,8-9H,2,4-7,10-14H2,1H3. The Labute approximate surface area is 137 Å². The number of ether oxygens (including phenoxy) is 1. The van der Waals surface area contributed by atoms with Crippen molar-refractivity contribution < 1.29 is 9.53 Å². The highest BCUT2D eigenvalue weighted by Gasteiger charge is 2.42. The van der Waals surface area contributed by atoms with Gasteiger partial charge in [-0.3, -0.25) is 4.79 Å². The number of methoxy groups -OCH3 is 1. The van der Waals surface area contributed by atoms with Gasteiger partial charge in [-0.2, -0.15) is 0 Å². The molecule has 0 N–H and O–H groups in total. The van der Waals surface area contributed by atoms with Crippen molar-refractivity contribution >= 4 is 11.9 Å². The molecule has 1 amide bonds. The number of rotatable bonds is 5. The molecule has 1 spiro atoms. The van der Waals surface area contributed by atoms with E-state index in [4.69, 9.17) is 4.74 Å². The van der Waals surface area contributed by atoms with Gasteiger partial charge in [0, 0.05) is 64.1 Å². The first-order valence-electron chi connectivity index (χ1n) is 8.51. The van der Waals surface area contributed by atoms with Crippen molar-refractivity contribution in [1.82, 2.24) is 14.9 Å². The summed E-state index contributed by atoms with van der Waals surface area (Å²) in [5.41, 5.74) is 0.193. The molecule has 2 fully saturated rings. The van der Waals surface area contributed by atoms with Crippen molar-refractivity contribution in [2.75, 3.05) is 44.8 Å². The first kappa shape index (κ1) is 16.2. The van der Waals surface area contributed by atoms with Gasteiger partial charge in [-0.15, -0.1) is 0 Å². The Morgan fingerprint density at radius 2 is 2.09 bits per heavy atom. The van der Waals surface area contributed by atoms with Gasteiger partial charge in [-0.25, -0.2) is 9.97 Å². The summed E-state index contributed by atoms with van der Waals surface area (Å²) in [5.74, 6) is 1.11. The predicted octanol–water partition coefficient (Wildman–Crippen LogP) is 1.72. The summed E-state index contributed by atoms with van der Waals surface area (Å²) >= 11 is 0. The summed E-state index contributed by atoms with van der Waals surface area (Å²) in [6.45, 7) is 4.32. The lowest BCUT2D eigenvalue weighted by atomic mass is 9.73. The smallest absolute Gasteiger partial charge is 0.225 e. The van der Waals surface area contributed by atoms with Crippen molar-refractivity contribution in [2.45, 2.75) is 32.1 Å². The van der Waals surface area contributed by atoms with Crippen LogP contribution in [0.4, 0.5) is 5.95 Å². The number of aromatic nitrogens is 2. The molecule has 23 heavy (non-hydrogen) atoms. The van der Waals surface area contributed by atoms with Gasteiger partial charge in [-0.1, -0.05) is 0 Å². The van der Waals surface area contributed by atoms with Crippen molar-refractivity contribution in [1.29, 1.82) is 0 Å². The summed E-state index contributed by atoms with van der Waals surface area (Å²) in [6.07, 6.45) is 8.47. The number of carbonyl (C=O) groups is 1. The number of hydrogen-bond donors (Lipinski definition) is 0. The molecule has 0 saturated carbocycles. The van der Waals surface area contributed by atoms with Crippen LogP contribution >= 0.6 is 0 Å². The van der Waals surface area contributed by atoms with Crippen LogP contribution in [0.5, 0.6) is 0 Å². The zero-order chi connectivity index (χ0) is 16.1. The molecule has 1 aromatic heterocycles. The fourth-order valence-corrected chi connectivity index (χ4v) is 3.87. The van der Waals surface area contributed by atoms with E-state index in [-0.39, 0.29) is 5.41 Å². The molecular weight excluding hydrogens is 292 g/mol. The molecule has 6 heteroatoms. The quantitative estimate of drug-likeness (QED) is 0.774. The van der Waals surface area contributed by atoms with E-state index in [9.17, 15) is 4.79 Å². The van der Waals surface area contributed by atoms with Crippen LogP contribution < -0.4 is 4.90 Å². The summed E-state index contributed by atoms with van der Waals surface area (Å²) in [6, 6.07) is 1.85. The number of carbonyl (C=O) groups excluding carboxylic acids is 1. The van der Waals surface area contributed by atoms with Crippen molar-refractivity contribution in [3.63, 3.8) is 0 Å². The summed E-state index contributed by atoms with van der Waals surface area (Å²) in [7, 11) is 1.71. The molecule has 3 rings (SSSR count). The highest BCUT2D eigenvalue weighted by molar-refractivity contribution is 5.77. The second-order valence-electron chi connectivity index (χ2n) is 6.74. The Kier molecular flexibility index (Phi) is 5.10. The number of nitrogens with zero attached hydrogens (tertiary/aromatic N) is 4. The van der Waals surface area contributed by atoms with Crippen LogP contribution in [0.3, 0.4) is 0 Å². The Morgan fingerprint density at radius 3 is 2.87 bits per heavy atom. The van der Waals surface area contributed by atoms with E-state index < -0.39 is 0 Å². The second-order valence-corrected chi connectivity index (χ2v) is 6.74. The lowest BCUT2D eigenvalue weighted by Crippen LogP contribution is -2.54. The van der Waals surface area contributed by atoms with E-state index in [1.807, 2.05) is 11.0 Å². The van der Waals surface area contributed by atoms with Crippen LogP contribution in [0.25, 0.3) is 0 Å². The Morgan fingerprint density at radius 1 is 1.26 bits per heavy atom. The molecule has 0 aliphatic carbocycles. The van der Waals surface area contributed by atoms with Gasteiger partial charge in [0.05, 0.1) is 0 Å². The Hall–Kier alpha value is -1.69. The van der Waals surface area contributed by atoms with Crippen LogP contribution in [0.15, 0.2) is 18.5 Å². The molecule has 0 aromatic carbocycles. The van der Waals surface area contributed by atoms with Gasteiger partial charge < -0.3 is 14.5 Å². The summed E-state index contributed by atoms with van der Waals surface area (Å²) < 4.78 is 5.12. The van der Waals surface area contributed by atoms with Crippen LogP contribution in [0, 0.1) is 5.41 Å². The van der Waals surface area contributed by atoms with Gasteiger partial charge in [-0.05, 0) is 31.7 Å². The average Bonchev–Trinajstić information content (AvgIpc) is 2.59. The lowest BCUT2D eigenvalue weighted by Gasteiger charge is -2.48. The number of likely N-dealkylation sites (tertiary alicyclic amines) is 1. The van der Waals surface area contributed by atoms with Gasteiger partial charge >= 0.3 is 0 Å². The van der Waals surface area contributed by atoms with Crippen molar-refractivity contribution in [2.24, 2.45) is 5.41 Å². The van der Waals surface area contributed by atoms with E-state index >= 15 is 0 Å². The van der Waals surface area contributed by atoms with E-state index in [1.54, 1.807) is 19.5 Å². The first-order chi connectivity index (χ1) is 11.2. The number of anilines is 1. The average molecular weight is 318 g/mol. The monoisotopic (exact) mass is 318 g/mol. The third-order valence-electron chi connectivity index (χ3n) is 5.02. The molecule has 2 aliphatic heterocycles. The van der Waals surface area contributed by atoms with Gasteiger partial charge in [0.25, 0.3) is 0 Å². The summed E-state index contributed by atoms with van der Waals surface area (Å²) in [4.78, 5) is 25.3. The third kappa shape index (κ3) is 3.80. The van der Waals surface area contributed by atoms with Crippen molar-refractivity contribution in [3.05, 3.63) is 18.5 Å². The largest absolute Gasteiger partial charge is 0.385 e. The zero-order valence-corrected chi connectivity index (χ0v) is 13.9. The maximum absolute atomic E-state index is 12.2. The van der Waals surface area contributed by atoms with Crippen LogP contribution in [-0.4, -0.2) is 60.7 Å². The van der Waals surface area contributed by atoms with Gasteiger partial charge in [0.2, 0.25) is 11.9 Å². The zero-order valence-electron chi connectivity index (χ0n) is 13.9. The molecule has 2 aliphatic rings. The minimum Gasteiger partial charge on any atom is -0.385 e. The Balaban J connectivity index is 1.67. The number of piperidine rings is 2. The molecule has 2 saturated heterocycles. The molecule has 3 heterocycles. The topological polar surface area (TPSA) is 58.6 Å². The SMILES string of the molecule is COCCCN1CC2(CCCN(c3ncccn3)C2)CCC1=O. The van der Waals surface area contributed by atoms with Gasteiger partial charge in [0.15, 0.2) is 0 Å². The van der Waals surface area contributed by atoms with Crippen LogP contribution in [0.2, 0.25) is 0 Å². The minimum absolute atomic E-state index is 0.193. The molecule has 0 bridgehead atoms. The van der Waals surface area contributed by atoms with E-state index in [0.717, 1.165) is 51.4 Å². The second kappa shape index (κ2) is 7.25. The normalized spacial score (nSPS) is 25.2. The Bertz CT molecular complexity index is 525. The molecule has 126 valence electrons. The van der Waals surface area contributed by atoms with E-state index in [1.165, 1.54) is 6.42 Å². The predicted molar refractivity (Wildman–Crippen MR) is 88.2 cm³/mol. The molecule has 0 radical (unpaired) electrons. The lowest BCUT2D eigenvalue weighted by molar-refractivity contribution is -0.138. The molecule has 1 aromatic rings. The number of amides is 1. The highest BCUT2D eigenvalue weighted by atomic mass is 16.5. The van der Waals surface area contributed by atoms with Gasteiger partial charge in [0.1, 0.15) is 0 Å².